The van der Waals surface area contributed by atoms with Crippen LogP contribution in [0.15, 0.2) is 29.4 Å². The van der Waals surface area contributed by atoms with Gasteiger partial charge in [0.1, 0.15) is 16.5 Å². The Morgan fingerprint density at radius 3 is 2.55 bits per heavy atom. The van der Waals surface area contributed by atoms with Gasteiger partial charge in [-0.15, -0.1) is 0 Å². The van der Waals surface area contributed by atoms with E-state index >= 15 is 0 Å². The molecule has 0 fully saturated rings. The van der Waals surface area contributed by atoms with Crippen molar-refractivity contribution in [3.63, 3.8) is 0 Å². The maximum absolute atomic E-state index is 10.5. The number of oxime groups is 1. The number of hydrogen-bond acceptors (Lipinski definition) is 4. The number of allylic oxidation sites excluding steroid dienone is 1. The van der Waals surface area contributed by atoms with Crippen LogP contribution in [0.3, 0.4) is 0 Å². The van der Waals surface area contributed by atoms with Crippen LogP contribution < -0.4 is 4.74 Å². The summed E-state index contributed by atoms with van der Waals surface area (Å²) in [6.07, 6.45) is 0.574. The second kappa shape index (κ2) is 7.17. The fourth-order valence-corrected chi connectivity index (χ4v) is 1.91. The molecular weight excluding hydrogens is 305 g/mol. The van der Waals surface area contributed by atoms with Gasteiger partial charge in [0.25, 0.3) is 0 Å². The molecule has 0 saturated heterocycles. The van der Waals surface area contributed by atoms with E-state index < -0.39 is 12.6 Å². The van der Waals surface area contributed by atoms with E-state index in [-0.39, 0.29) is 21.5 Å². The summed E-state index contributed by atoms with van der Waals surface area (Å²) in [5.41, 5.74) is 1.21. The molecule has 0 saturated carbocycles. The van der Waals surface area contributed by atoms with Crippen molar-refractivity contribution in [2.45, 2.75) is 13.3 Å². The van der Waals surface area contributed by atoms with Crippen molar-refractivity contribution >= 4 is 34.9 Å². The van der Waals surface area contributed by atoms with E-state index in [1.807, 2.05) is 6.92 Å². The molecule has 0 atom stereocenters. The van der Waals surface area contributed by atoms with E-state index in [2.05, 4.69) is 11.7 Å². The third kappa shape index (κ3) is 3.65. The first-order valence-electron chi connectivity index (χ1n) is 5.65. The minimum Gasteiger partial charge on any atom is -0.480 e. The van der Waals surface area contributed by atoms with Crippen molar-refractivity contribution < 1.29 is 19.8 Å². The Morgan fingerprint density at radius 2 is 2.05 bits per heavy atom. The average Bonchev–Trinajstić information content (AvgIpc) is 2.42. The summed E-state index contributed by atoms with van der Waals surface area (Å²) in [5, 5.41) is 20.9. The molecule has 0 aromatic heterocycles. The Kier molecular flexibility index (Phi) is 5.85. The number of carbonyl (C=O) groups is 1. The molecule has 0 amide bonds. The van der Waals surface area contributed by atoms with Gasteiger partial charge in [-0.25, -0.2) is 4.79 Å². The number of rotatable bonds is 6. The number of carboxylic acid groups (broad SMARTS) is 1. The van der Waals surface area contributed by atoms with Crippen molar-refractivity contribution in [2.24, 2.45) is 5.16 Å². The minimum atomic E-state index is -1.13. The van der Waals surface area contributed by atoms with E-state index in [0.29, 0.717) is 17.6 Å². The lowest BCUT2D eigenvalue weighted by Gasteiger charge is -2.12. The van der Waals surface area contributed by atoms with Gasteiger partial charge in [0.15, 0.2) is 6.61 Å². The van der Waals surface area contributed by atoms with Crippen molar-refractivity contribution in [3.8, 4) is 5.75 Å². The Bertz CT molecular complexity index is 570. The standard InChI is InChI=1S/C13H13Cl2NO4/c1-3-7(2)13(16-19)8-4-5-9(12(15)11(8)14)20-6-10(17)18/h4-5,19H,2-3,6H2,1H3,(H,17,18). The smallest absolute Gasteiger partial charge is 0.341 e. The summed E-state index contributed by atoms with van der Waals surface area (Å²) in [6.45, 7) is 5.10. The molecule has 7 heteroatoms. The van der Waals surface area contributed by atoms with Crippen LogP contribution in [0, 0.1) is 0 Å². The minimum absolute atomic E-state index is 0.0514. The first-order chi connectivity index (χ1) is 9.42. The van der Waals surface area contributed by atoms with Crippen LogP contribution in [0.25, 0.3) is 0 Å². The zero-order chi connectivity index (χ0) is 15.3. The maximum atomic E-state index is 10.5. The van der Waals surface area contributed by atoms with Crippen molar-refractivity contribution in [1.29, 1.82) is 0 Å². The fourth-order valence-electron chi connectivity index (χ4n) is 1.45. The summed E-state index contributed by atoms with van der Waals surface area (Å²) in [5.74, 6) is -0.986. The number of hydrogen-bond donors (Lipinski definition) is 2. The molecule has 0 unspecified atom stereocenters. The lowest BCUT2D eigenvalue weighted by atomic mass is 10.0. The van der Waals surface area contributed by atoms with Crippen molar-refractivity contribution in [3.05, 3.63) is 39.9 Å². The van der Waals surface area contributed by atoms with Gasteiger partial charge >= 0.3 is 5.97 Å². The monoisotopic (exact) mass is 317 g/mol. The lowest BCUT2D eigenvalue weighted by molar-refractivity contribution is -0.139. The molecular formula is C13H13Cl2NO4. The largest absolute Gasteiger partial charge is 0.480 e. The molecule has 0 heterocycles. The first kappa shape index (κ1) is 16.3. The molecule has 0 radical (unpaired) electrons. The number of carboxylic acids is 1. The van der Waals surface area contributed by atoms with Gasteiger partial charge in [-0.3, -0.25) is 0 Å². The average molecular weight is 318 g/mol. The van der Waals surface area contributed by atoms with Gasteiger partial charge in [-0.05, 0) is 24.1 Å². The van der Waals surface area contributed by atoms with E-state index in [4.69, 9.17) is 38.3 Å². The predicted molar refractivity (Wildman–Crippen MR) is 77.3 cm³/mol. The molecule has 1 aromatic carbocycles. The van der Waals surface area contributed by atoms with Gasteiger partial charge in [0, 0.05) is 5.56 Å². The first-order valence-corrected chi connectivity index (χ1v) is 6.41. The molecule has 1 rings (SSSR count). The molecule has 2 N–H and O–H groups in total. The highest BCUT2D eigenvalue weighted by atomic mass is 35.5. The molecule has 0 aliphatic heterocycles. The van der Waals surface area contributed by atoms with E-state index in [0.717, 1.165) is 0 Å². The van der Waals surface area contributed by atoms with Gasteiger partial charge in [0.2, 0.25) is 0 Å². The molecule has 108 valence electrons. The second-order valence-corrected chi connectivity index (χ2v) is 4.58. The summed E-state index contributed by atoms with van der Waals surface area (Å²) < 4.78 is 4.99. The highest BCUT2D eigenvalue weighted by molar-refractivity contribution is 6.45. The summed E-state index contributed by atoms with van der Waals surface area (Å²) in [7, 11) is 0. The van der Waals surface area contributed by atoms with Crippen LogP contribution in [0.1, 0.15) is 18.9 Å². The number of halogens is 2. The summed E-state index contributed by atoms with van der Waals surface area (Å²) in [6, 6.07) is 2.99. The zero-order valence-electron chi connectivity index (χ0n) is 10.7. The Morgan fingerprint density at radius 1 is 1.40 bits per heavy atom. The van der Waals surface area contributed by atoms with Crippen LogP contribution in [0.2, 0.25) is 10.0 Å². The molecule has 5 nitrogen and oxygen atoms in total. The Hall–Kier alpha value is -1.72. The third-order valence-corrected chi connectivity index (χ3v) is 3.38. The second-order valence-electron chi connectivity index (χ2n) is 3.83. The van der Waals surface area contributed by atoms with Gasteiger partial charge in [0.05, 0.1) is 5.02 Å². The normalized spacial score (nSPS) is 11.2. The number of ether oxygens (including phenoxy) is 1. The topological polar surface area (TPSA) is 79.1 Å². The third-order valence-electron chi connectivity index (χ3n) is 2.51. The van der Waals surface area contributed by atoms with E-state index in [1.165, 1.54) is 12.1 Å². The highest BCUT2D eigenvalue weighted by Crippen LogP contribution is 2.36. The van der Waals surface area contributed by atoms with Crippen LogP contribution >= 0.6 is 23.2 Å². The Labute approximate surface area is 126 Å². The number of nitrogens with zero attached hydrogens (tertiary/aromatic N) is 1. The molecule has 0 spiro atoms. The van der Waals surface area contributed by atoms with Crippen LogP contribution in [0.4, 0.5) is 0 Å². The molecule has 1 aromatic rings. The number of benzene rings is 1. The molecule has 0 aliphatic carbocycles. The quantitative estimate of drug-likeness (QED) is 0.477. The van der Waals surface area contributed by atoms with Gasteiger partial charge in [-0.2, -0.15) is 0 Å². The van der Waals surface area contributed by atoms with Crippen molar-refractivity contribution in [1.82, 2.24) is 0 Å². The van der Waals surface area contributed by atoms with Crippen molar-refractivity contribution in [2.75, 3.05) is 6.61 Å². The van der Waals surface area contributed by atoms with E-state index in [9.17, 15) is 4.79 Å². The van der Waals surface area contributed by atoms with Crippen LogP contribution in [-0.2, 0) is 4.79 Å². The maximum Gasteiger partial charge on any atom is 0.341 e. The summed E-state index contributed by atoms with van der Waals surface area (Å²) >= 11 is 12.1. The fraction of sp³-hybridized carbons (Fsp3) is 0.231. The number of aliphatic carboxylic acids is 1. The van der Waals surface area contributed by atoms with Gasteiger partial charge < -0.3 is 15.1 Å². The highest BCUT2D eigenvalue weighted by Gasteiger charge is 2.17. The summed E-state index contributed by atoms with van der Waals surface area (Å²) in [4.78, 5) is 10.5. The Balaban J connectivity index is 3.17. The SMILES string of the molecule is C=C(CC)C(=NO)c1ccc(OCC(=O)O)c(Cl)c1Cl. The predicted octanol–water partition coefficient (Wildman–Crippen LogP) is 3.60. The zero-order valence-corrected chi connectivity index (χ0v) is 12.2. The molecule has 20 heavy (non-hydrogen) atoms. The lowest BCUT2D eigenvalue weighted by Crippen LogP contribution is -2.10. The van der Waals surface area contributed by atoms with Crippen LogP contribution in [-0.4, -0.2) is 28.6 Å². The van der Waals surface area contributed by atoms with E-state index in [1.54, 1.807) is 0 Å². The van der Waals surface area contributed by atoms with Gasteiger partial charge in [-0.1, -0.05) is 41.9 Å². The van der Waals surface area contributed by atoms with Crippen LogP contribution in [0.5, 0.6) is 5.75 Å². The molecule has 0 aliphatic rings. The molecule has 0 bridgehead atoms.